The van der Waals surface area contributed by atoms with E-state index in [9.17, 15) is 18.0 Å². The molecule has 8 heteroatoms. The fourth-order valence-corrected chi connectivity index (χ4v) is 3.62. The fraction of sp³-hybridized carbons (Fsp3) is 0.529. The van der Waals surface area contributed by atoms with Gasteiger partial charge in [-0.25, -0.2) is 12.7 Å². The Hall–Kier alpha value is -1.93. The van der Waals surface area contributed by atoms with Gasteiger partial charge in [0.15, 0.2) is 6.10 Å². The molecule has 0 bridgehead atoms. The number of esters is 1. The quantitative estimate of drug-likeness (QED) is 0.775. The van der Waals surface area contributed by atoms with Crippen LogP contribution in [0.4, 0.5) is 5.69 Å². The van der Waals surface area contributed by atoms with Gasteiger partial charge in [-0.15, -0.1) is 0 Å². The zero-order valence-corrected chi connectivity index (χ0v) is 15.5. The number of amides is 1. The van der Waals surface area contributed by atoms with Crippen LogP contribution in [-0.4, -0.2) is 44.8 Å². The molecule has 2 rings (SSSR count). The number of hydrogen-bond donors (Lipinski definition) is 1. The standard InChI is InChI=1S/C17H24N2O5S/c1-12(24-17(21)13-7-4-5-8-13)16(20)18-14-9-6-10-15(11-14)25(22,23)19(2)3/h6,9-13H,4-5,7-8H2,1-3H3,(H,18,20)/t12-/m1/s1. The lowest BCUT2D eigenvalue weighted by Gasteiger charge is -2.17. The van der Waals surface area contributed by atoms with Crippen LogP contribution in [0.2, 0.25) is 0 Å². The average molecular weight is 368 g/mol. The zero-order chi connectivity index (χ0) is 18.6. The van der Waals surface area contributed by atoms with E-state index >= 15 is 0 Å². The summed E-state index contributed by atoms with van der Waals surface area (Å²) in [6.45, 7) is 1.50. The van der Waals surface area contributed by atoms with Crippen LogP contribution < -0.4 is 5.32 Å². The van der Waals surface area contributed by atoms with Crippen molar-refractivity contribution in [2.45, 2.75) is 43.6 Å². The largest absolute Gasteiger partial charge is 0.452 e. The molecule has 1 saturated carbocycles. The van der Waals surface area contributed by atoms with Crippen molar-refractivity contribution in [1.29, 1.82) is 0 Å². The van der Waals surface area contributed by atoms with Gasteiger partial charge in [-0.2, -0.15) is 0 Å². The van der Waals surface area contributed by atoms with Gasteiger partial charge in [0.05, 0.1) is 10.8 Å². The number of rotatable bonds is 6. The van der Waals surface area contributed by atoms with Gasteiger partial charge in [0.2, 0.25) is 10.0 Å². The van der Waals surface area contributed by atoms with E-state index in [0.29, 0.717) is 5.69 Å². The highest BCUT2D eigenvalue weighted by molar-refractivity contribution is 7.89. The molecule has 1 atom stereocenters. The summed E-state index contributed by atoms with van der Waals surface area (Å²) in [4.78, 5) is 24.3. The van der Waals surface area contributed by atoms with E-state index in [1.807, 2.05) is 0 Å². The summed E-state index contributed by atoms with van der Waals surface area (Å²) >= 11 is 0. The minimum absolute atomic E-state index is 0.0749. The number of nitrogens with zero attached hydrogens (tertiary/aromatic N) is 1. The molecule has 1 aliphatic rings. The second-order valence-corrected chi connectivity index (χ2v) is 8.52. The Bertz CT molecular complexity index is 739. The lowest BCUT2D eigenvalue weighted by atomic mass is 10.1. The molecule has 0 unspecified atom stereocenters. The first-order chi connectivity index (χ1) is 11.7. The third-order valence-corrected chi connectivity index (χ3v) is 6.04. The Kier molecular flexibility index (Phi) is 6.18. The number of sulfonamides is 1. The van der Waals surface area contributed by atoms with E-state index < -0.39 is 22.0 Å². The molecule has 1 aromatic carbocycles. The fourth-order valence-electron chi connectivity index (χ4n) is 2.67. The van der Waals surface area contributed by atoms with Crippen molar-refractivity contribution in [2.24, 2.45) is 5.92 Å². The second-order valence-electron chi connectivity index (χ2n) is 6.37. The summed E-state index contributed by atoms with van der Waals surface area (Å²) < 4.78 is 30.6. The van der Waals surface area contributed by atoms with Gasteiger partial charge in [0.25, 0.3) is 5.91 Å². The number of ether oxygens (including phenoxy) is 1. The second kappa shape index (κ2) is 7.97. The van der Waals surface area contributed by atoms with Crippen molar-refractivity contribution >= 4 is 27.6 Å². The number of benzene rings is 1. The monoisotopic (exact) mass is 368 g/mol. The lowest BCUT2D eigenvalue weighted by Crippen LogP contribution is -2.32. The maximum Gasteiger partial charge on any atom is 0.309 e. The Balaban J connectivity index is 2.01. The van der Waals surface area contributed by atoms with Crippen molar-refractivity contribution in [1.82, 2.24) is 4.31 Å². The molecule has 25 heavy (non-hydrogen) atoms. The first-order valence-corrected chi connectivity index (χ1v) is 9.70. The number of nitrogens with one attached hydrogen (secondary N) is 1. The Morgan fingerprint density at radius 1 is 1.24 bits per heavy atom. The molecule has 0 heterocycles. The minimum atomic E-state index is -3.59. The van der Waals surface area contributed by atoms with Gasteiger partial charge < -0.3 is 10.1 Å². The molecule has 1 amide bonds. The van der Waals surface area contributed by atoms with Crippen molar-refractivity contribution in [3.05, 3.63) is 24.3 Å². The molecular weight excluding hydrogens is 344 g/mol. The predicted octanol–water partition coefficient (Wildman–Crippen LogP) is 2.00. The van der Waals surface area contributed by atoms with E-state index in [4.69, 9.17) is 4.74 Å². The highest BCUT2D eigenvalue weighted by atomic mass is 32.2. The molecule has 0 aliphatic heterocycles. The van der Waals surface area contributed by atoms with E-state index in [1.165, 1.54) is 33.2 Å². The first-order valence-electron chi connectivity index (χ1n) is 8.26. The van der Waals surface area contributed by atoms with Gasteiger partial charge in [-0.05, 0) is 38.0 Å². The van der Waals surface area contributed by atoms with Gasteiger partial charge in [-0.1, -0.05) is 18.9 Å². The van der Waals surface area contributed by atoms with Gasteiger partial charge in [-0.3, -0.25) is 9.59 Å². The van der Waals surface area contributed by atoms with Crippen LogP contribution in [0.5, 0.6) is 0 Å². The molecule has 1 aromatic rings. The number of carbonyl (C=O) groups is 2. The normalized spacial score (nSPS) is 16.6. The maximum absolute atomic E-state index is 12.2. The maximum atomic E-state index is 12.2. The smallest absolute Gasteiger partial charge is 0.309 e. The van der Waals surface area contributed by atoms with Crippen LogP contribution in [0.15, 0.2) is 29.2 Å². The summed E-state index contributed by atoms with van der Waals surface area (Å²) in [5.41, 5.74) is 0.330. The highest BCUT2D eigenvalue weighted by Gasteiger charge is 2.27. The lowest BCUT2D eigenvalue weighted by molar-refractivity contribution is -0.157. The predicted molar refractivity (Wildman–Crippen MR) is 93.5 cm³/mol. The molecule has 0 aromatic heterocycles. The average Bonchev–Trinajstić information content (AvgIpc) is 3.09. The number of anilines is 1. The SMILES string of the molecule is C[C@@H](OC(=O)C1CCCC1)C(=O)Nc1cccc(S(=O)(=O)N(C)C)c1. The van der Waals surface area contributed by atoms with Crippen molar-refractivity contribution in [3.8, 4) is 0 Å². The molecule has 0 saturated heterocycles. The zero-order valence-electron chi connectivity index (χ0n) is 14.7. The molecule has 1 N–H and O–H groups in total. The molecule has 1 fully saturated rings. The Morgan fingerprint density at radius 2 is 1.88 bits per heavy atom. The molecule has 7 nitrogen and oxygen atoms in total. The van der Waals surface area contributed by atoms with Gasteiger partial charge in [0.1, 0.15) is 0 Å². The topological polar surface area (TPSA) is 92.8 Å². The van der Waals surface area contributed by atoms with E-state index in [2.05, 4.69) is 5.32 Å². The van der Waals surface area contributed by atoms with Crippen LogP contribution in [0.25, 0.3) is 0 Å². The number of hydrogen-bond acceptors (Lipinski definition) is 5. The van der Waals surface area contributed by atoms with Crippen LogP contribution in [0.3, 0.4) is 0 Å². The molecule has 138 valence electrons. The number of carbonyl (C=O) groups excluding carboxylic acids is 2. The first kappa shape index (κ1) is 19.4. The summed E-state index contributed by atoms with van der Waals surface area (Å²) in [6, 6.07) is 5.95. The van der Waals surface area contributed by atoms with Crippen LogP contribution in [0.1, 0.15) is 32.6 Å². The van der Waals surface area contributed by atoms with Crippen LogP contribution in [-0.2, 0) is 24.3 Å². The van der Waals surface area contributed by atoms with Crippen LogP contribution in [0, 0.1) is 5.92 Å². The van der Waals surface area contributed by atoms with Crippen molar-refractivity contribution < 1.29 is 22.7 Å². The van der Waals surface area contributed by atoms with Crippen molar-refractivity contribution in [2.75, 3.05) is 19.4 Å². The highest BCUT2D eigenvalue weighted by Crippen LogP contribution is 2.26. The van der Waals surface area contributed by atoms with Crippen molar-refractivity contribution in [3.63, 3.8) is 0 Å². The molecule has 0 radical (unpaired) electrons. The Morgan fingerprint density at radius 3 is 2.48 bits per heavy atom. The third-order valence-electron chi connectivity index (χ3n) is 4.23. The molecular formula is C17H24N2O5S. The van der Waals surface area contributed by atoms with E-state index in [0.717, 1.165) is 30.0 Å². The summed E-state index contributed by atoms with van der Waals surface area (Å²) in [5, 5.41) is 2.59. The third kappa shape index (κ3) is 4.79. The van der Waals surface area contributed by atoms with E-state index in [1.54, 1.807) is 12.1 Å². The molecule has 0 spiro atoms. The van der Waals surface area contributed by atoms with Crippen LogP contribution >= 0.6 is 0 Å². The van der Waals surface area contributed by atoms with E-state index in [-0.39, 0.29) is 16.8 Å². The van der Waals surface area contributed by atoms with Gasteiger partial charge >= 0.3 is 5.97 Å². The molecule has 1 aliphatic carbocycles. The minimum Gasteiger partial charge on any atom is -0.452 e. The Labute approximate surface area is 148 Å². The van der Waals surface area contributed by atoms with Gasteiger partial charge in [0, 0.05) is 19.8 Å². The summed E-state index contributed by atoms with van der Waals surface area (Å²) in [5.74, 6) is -0.960. The summed E-state index contributed by atoms with van der Waals surface area (Å²) in [6.07, 6.45) is 2.68. The summed E-state index contributed by atoms with van der Waals surface area (Å²) in [7, 11) is -0.718.